The van der Waals surface area contributed by atoms with Crippen LogP contribution in [0.1, 0.15) is 11.1 Å². The molecule has 0 heterocycles. The van der Waals surface area contributed by atoms with Crippen molar-refractivity contribution < 1.29 is 14.1 Å². The molecule has 2 N–H and O–H groups in total. The van der Waals surface area contributed by atoms with Crippen LogP contribution < -0.4 is 10.5 Å². The molecule has 0 saturated heterocycles. The van der Waals surface area contributed by atoms with Crippen molar-refractivity contribution in [2.24, 2.45) is 5.73 Å². The molecule has 0 amide bonds. The van der Waals surface area contributed by atoms with Crippen molar-refractivity contribution in [3.63, 3.8) is 0 Å². The SMILES string of the molecule is NCc1cccc(F)c1OCCc1ccccc1[N+](=O)[O-]. The zero-order chi connectivity index (χ0) is 15.2. The summed E-state index contributed by atoms with van der Waals surface area (Å²) in [5, 5.41) is 10.9. The van der Waals surface area contributed by atoms with Crippen LogP contribution >= 0.6 is 0 Å². The molecule has 0 radical (unpaired) electrons. The van der Waals surface area contributed by atoms with E-state index in [1.165, 1.54) is 12.1 Å². The molecule has 0 aliphatic rings. The first-order valence-electron chi connectivity index (χ1n) is 6.46. The summed E-state index contributed by atoms with van der Waals surface area (Å²) in [5.41, 5.74) is 6.68. The van der Waals surface area contributed by atoms with Gasteiger partial charge < -0.3 is 10.5 Å². The van der Waals surface area contributed by atoms with Gasteiger partial charge in [0.1, 0.15) is 0 Å². The van der Waals surface area contributed by atoms with Crippen LogP contribution in [0.25, 0.3) is 0 Å². The Morgan fingerprint density at radius 2 is 1.86 bits per heavy atom. The normalized spacial score (nSPS) is 10.4. The second-order valence-electron chi connectivity index (χ2n) is 4.42. The quantitative estimate of drug-likeness (QED) is 0.655. The number of halogens is 1. The second-order valence-corrected chi connectivity index (χ2v) is 4.42. The Kier molecular flexibility index (Phi) is 4.84. The van der Waals surface area contributed by atoms with Crippen molar-refractivity contribution in [3.8, 4) is 5.75 Å². The van der Waals surface area contributed by atoms with Crippen molar-refractivity contribution in [3.05, 3.63) is 69.5 Å². The molecule has 0 spiro atoms. The van der Waals surface area contributed by atoms with Gasteiger partial charge in [-0.3, -0.25) is 10.1 Å². The number of nitro groups is 1. The maximum Gasteiger partial charge on any atom is 0.272 e. The predicted molar refractivity (Wildman–Crippen MR) is 76.6 cm³/mol. The molecule has 0 atom stereocenters. The van der Waals surface area contributed by atoms with Gasteiger partial charge >= 0.3 is 0 Å². The highest BCUT2D eigenvalue weighted by molar-refractivity contribution is 5.40. The predicted octanol–water partition coefficient (Wildman–Crippen LogP) is 2.81. The van der Waals surface area contributed by atoms with E-state index in [0.717, 1.165) is 0 Å². The largest absolute Gasteiger partial charge is 0.490 e. The van der Waals surface area contributed by atoms with Crippen molar-refractivity contribution in [1.29, 1.82) is 0 Å². The molecule has 0 unspecified atom stereocenters. The third kappa shape index (κ3) is 3.55. The average Bonchev–Trinajstić information content (AvgIpc) is 2.49. The highest BCUT2D eigenvalue weighted by Crippen LogP contribution is 2.23. The number of nitrogens with two attached hydrogens (primary N) is 1. The van der Waals surface area contributed by atoms with Gasteiger partial charge in [-0.25, -0.2) is 4.39 Å². The third-order valence-electron chi connectivity index (χ3n) is 3.07. The lowest BCUT2D eigenvalue weighted by molar-refractivity contribution is -0.385. The van der Waals surface area contributed by atoms with Crippen LogP contribution in [0.5, 0.6) is 5.75 Å². The number of nitrogens with zero attached hydrogens (tertiary/aromatic N) is 1. The molecule has 0 bridgehead atoms. The van der Waals surface area contributed by atoms with Gasteiger partial charge in [0, 0.05) is 30.2 Å². The van der Waals surface area contributed by atoms with Crippen LogP contribution in [-0.4, -0.2) is 11.5 Å². The number of nitro benzene ring substituents is 1. The Hall–Kier alpha value is -2.47. The lowest BCUT2D eigenvalue weighted by atomic mass is 10.1. The van der Waals surface area contributed by atoms with Crippen LogP contribution in [0.15, 0.2) is 42.5 Å². The molecule has 110 valence electrons. The summed E-state index contributed by atoms with van der Waals surface area (Å²) in [6.45, 7) is 0.303. The molecule has 2 rings (SSSR count). The van der Waals surface area contributed by atoms with Crippen molar-refractivity contribution >= 4 is 5.69 Å². The minimum Gasteiger partial charge on any atom is -0.490 e. The van der Waals surface area contributed by atoms with Gasteiger partial charge in [-0.1, -0.05) is 30.3 Å². The van der Waals surface area contributed by atoms with E-state index in [1.807, 2.05) is 0 Å². The highest BCUT2D eigenvalue weighted by atomic mass is 19.1. The lowest BCUT2D eigenvalue weighted by Crippen LogP contribution is -2.08. The van der Waals surface area contributed by atoms with Gasteiger partial charge in [0.25, 0.3) is 5.69 Å². The summed E-state index contributed by atoms with van der Waals surface area (Å²) in [6, 6.07) is 11.0. The smallest absolute Gasteiger partial charge is 0.272 e. The zero-order valence-corrected chi connectivity index (χ0v) is 11.3. The number of ether oxygens (including phenoxy) is 1. The number of hydrogen-bond acceptors (Lipinski definition) is 4. The van der Waals surface area contributed by atoms with E-state index in [-0.39, 0.29) is 24.6 Å². The molecule has 5 nitrogen and oxygen atoms in total. The van der Waals surface area contributed by atoms with Crippen molar-refractivity contribution in [1.82, 2.24) is 0 Å². The van der Waals surface area contributed by atoms with Crippen molar-refractivity contribution in [2.75, 3.05) is 6.61 Å². The van der Waals surface area contributed by atoms with Crippen molar-refractivity contribution in [2.45, 2.75) is 13.0 Å². The summed E-state index contributed by atoms with van der Waals surface area (Å²) in [5.74, 6) is -0.376. The Morgan fingerprint density at radius 1 is 1.14 bits per heavy atom. The monoisotopic (exact) mass is 290 g/mol. The average molecular weight is 290 g/mol. The maximum absolute atomic E-state index is 13.7. The second kappa shape index (κ2) is 6.81. The van der Waals surface area contributed by atoms with Crippen LogP contribution in [0, 0.1) is 15.9 Å². The Labute approximate surface area is 121 Å². The third-order valence-corrected chi connectivity index (χ3v) is 3.07. The summed E-state index contributed by atoms with van der Waals surface area (Å²) < 4.78 is 19.1. The minimum absolute atomic E-state index is 0.0358. The van der Waals surface area contributed by atoms with Gasteiger partial charge in [-0.15, -0.1) is 0 Å². The molecular formula is C15H15FN2O3. The molecule has 0 aliphatic carbocycles. The van der Waals surface area contributed by atoms with Crippen LogP contribution in [0.4, 0.5) is 10.1 Å². The summed E-state index contributed by atoms with van der Waals surface area (Å²) >= 11 is 0. The first kappa shape index (κ1) is 14.9. The van der Waals surface area contributed by atoms with E-state index in [0.29, 0.717) is 17.5 Å². The lowest BCUT2D eigenvalue weighted by Gasteiger charge is -2.11. The summed E-state index contributed by atoms with van der Waals surface area (Å²) in [7, 11) is 0. The topological polar surface area (TPSA) is 78.4 Å². The Balaban J connectivity index is 2.07. The molecular weight excluding hydrogens is 275 g/mol. The highest BCUT2D eigenvalue weighted by Gasteiger charge is 2.13. The Morgan fingerprint density at radius 3 is 2.57 bits per heavy atom. The van der Waals surface area contributed by atoms with E-state index >= 15 is 0 Å². The van der Waals surface area contributed by atoms with E-state index in [1.54, 1.807) is 30.3 Å². The van der Waals surface area contributed by atoms with E-state index in [2.05, 4.69) is 0 Å². The van der Waals surface area contributed by atoms with Gasteiger partial charge in [0.2, 0.25) is 0 Å². The summed E-state index contributed by atoms with van der Waals surface area (Å²) in [6.07, 6.45) is 0.315. The maximum atomic E-state index is 13.7. The minimum atomic E-state index is -0.486. The molecule has 0 aliphatic heterocycles. The van der Waals surface area contributed by atoms with Crippen LogP contribution in [0.2, 0.25) is 0 Å². The fraction of sp³-hybridized carbons (Fsp3) is 0.200. The number of benzene rings is 2. The molecule has 2 aromatic carbocycles. The van der Waals surface area contributed by atoms with E-state index in [9.17, 15) is 14.5 Å². The molecule has 0 fully saturated rings. The van der Waals surface area contributed by atoms with Gasteiger partial charge in [-0.2, -0.15) is 0 Å². The van der Waals surface area contributed by atoms with Gasteiger partial charge in [0.05, 0.1) is 11.5 Å². The Bertz CT molecular complexity index is 647. The molecule has 0 aromatic heterocycles. The van der Waals surface area contributed by atoms with E-state index < -0.39 is 10.7 Å². The number of para-hydroxylation sites is 2. The fourth-order valence-electron chi connectivity index (χ4n) is 2.04. The molecule has 6 heteroatoms. The van der Waals surface area contributed by atoms with Gasteiger partial charge in [-0.05, 0) is 6.07 Å². The molecule has 2 aromatic rings. The van der Waals surface area contributed by atoms with Crippen LogP contribution in [-0.2, 0) is 13.0 Å². The zero-order valence-electron chi connectivity index (χ0n) is 11.3. The first-order chi connectivity index (χ1) is 10.1. The van der Waals surface area contributed by atoms with Crippen LogP contribution in [0.3, 0.4) is 0 Å². The first-order valence-corrected chi connectivity index (χ1v) is 6.46. The fourth-order valence-corrected chi connectivity index (χ4v) is 2.04. The summed E-state index contributed by atoms with van der Waals surface area (Å²) in [4.78, 5) is 10.5. The number of rotatable bonds is 6. The number of hydrogen-bond donors (Lipinski definition) is 1. The standard InChI is InChI=1S/C15H15FN2O3/c16-13-6-3-5-12(10-17)15(13)21-9-8-11-4-1-2-7-14(11)18(19)20/h1-7H,8-10,17H2. The van der Waals surface area contributed by atoms with Gasteiger partial charge in [0.15, 0.2) is 11.6 Å². The molecule has 0 saturated carbocycles. The molecule has 21 heavy (non-hydrogen) atoms. The van der Waals surface area contributed by atoms with E-state index in [4.69, 9.17) is 10.5 Å².